The summed E-state index contributed by atoms with van der Waals surface area (Å²) in [7, 11) is 2.06. The predicted octanol–water partition coefficient (Wildman–Crippen LogP) is 0.958. The zero-order valence-corrected chi connectivity index (χ0v) is 17.6. The lowest BCUT2D eigenvalue weighted by Crippen LogP contribution is -2.50. The number of carbonyl (C=O) groups excluding carboxylic acids is 1. The van der Waals surface area contributed by atoms with Crippen molar-refractivity contribution < 1.29 is 4.79 Å². The minimum Gasteiger partial charge on any atom is -0.355 e. The molecule has 2 atom stereocenters. The Morgan fingerprint density at radius 1 is 1.07 bits per heavy atom. The first-order chi connectivity index (χ1) is 14.5. The number of rotatable bonds is 2. The van der Waals surface area contributed by atoms with Crippen LogP contribution in [0.3, 0.4) is 0 Å². The Kier molecular flexibility index (Phi) is 4.81. The van der Waals surface area contributed by atoms with Crippen LogP contribution in [-0.2, 0) is 6.54 Å². The second-order valence-electron chi connectivity index (χ2n) is 8.90. The summed E-state index contributed by atoms with van der Waals surface area (Å²) in [6.07, 6.45) is 2.69. The Morgan fingerprint density at radius 2 is 1.87 bits per heavy atom. The molecule has 2 fully saturated rings. The number of aromatic nitrogens is 3. The van der Waals surface area contributed by atoms with Gasteiger partial charge in [0, 0.05) is 69.2 Å². The first-order valence-electron chi connectivity index (χ1n) is 10.7. The summed E-state index contributed by atoms with van der Waals surface area (Å²) in [4.78, 5) is 41.2. The normalized spacial score (nSPS) is 23.9. The van der Waals surface area contributed by atoms with Crippen LogP contribution in [0.2, 0.25) is 0 Å². The fourth-order valence-electron chi connectivity index (χ4n) is 5.09. The number of carbonyl (C=O) groups is 1. The summed E-state index contributed by atoms with van der Waals surface area (Å²) >= 11 is 0. The van der Waals surface area contributed by atoms with Gasteiger partial charge in [-0.05, 0) is 38.4 Å². The Hall–Kier alpha value is -2.74. The van der Waals surface area contributed by atoms with Crippen LogP contribution >= 0.6 is 0 Å². The maximum Gasteiger partial charge on any atom is 0.263 e. The molecule has 0 saturated carbocycles. The summed E-state index contributed by atoms with van der Waals surface area (Å²) in [6.45, 7) is 7.39. The van der Waals surface area contributed by atoms with Crippen molar-refractivity contribution in [3.05, 3.63) is 51.8 Å². The number of pyridine rings is 1. The van der Waals surface area contributed by atoms with Crippen LogP contribution in [-0.4, -0.2) is 76.6 Å². The number of aryl methyl sites for hydroxylation is 1. The number of hydrogen-bond donors (Lipinski definition) is 0. The van der Waals surface area contributed by atoms with E-state index in [1.807, 2.05) is 28.5 Å². The first kappa shape index (κ1) is 19.2. The first-order valence-corrected chi connectivity index (χ1v) is 10.7. The molecule has 0 aromatic carbocycles. The Morgan fingerprint density at radius 3 is 2.63 bits per heavy atom. The SMILES string of the molecule is Cc1cc(N2C[C@@H]3C[C@H](C2)c2ccc(C(=O)N4CCN(C)CC4)c(=O)n2C3)ncn1. The highest BCUT2D eigenvalue weighted by Gasteiger charge is 2.36. The molecule has 0 spiro atoms. The summed E-state index contributed by atoms with van der Waals surface area (Å²) in [5.41, 5.74) is 2.19. The van der Waals surface area contributed by atoms with E-state index >= 15 is 0 Å². The second-order valence-corrected chi connectivity index (χ2v) is 8.90. The molecule has 1 amide bonds. The molecule has 0 radical (unpaired) electrons. The molecule has 8 heteroatoms. The van der Waals surface area contributed by atoms with E-state index in [4.69, 9.17) is 0 Å². The van der Waals surface area contributed by atoms with Crippen molar-refractivity contribution in [2.75, 3.05) is 51.2 Å². The Bertz CT molecular complexity index is 1030. The van der Waals surface area contributed by atoms with Gasteiger partial charge in [0.2, 0.25) is 0 Å². The minimum atomic E-state index is -0.128. The monoisotopic (exact) mass is 408 g/mol. The van der Waals surface area contributed by atoms with Gasteiger partial charge in [-0.25, -0.2) is 9.97 Å². The molecule has 3 aliphatic rings. The fraction of sp³-hybridized carbons (Fsp3) is 0.545. The van der Waals surface area contributed by atoms with Crippen LogP contribution in [0.1, 0.15) is 34.1 Å². The van der Waals surface area contributed by atoms with Crippen LogP contribution < -0.4 is 10.5 Å². The van der Waals surface area contributed by atoms with Gasteiger partial charge in [-0.15, -0.1) is 0 Å². The fourth-order valence-corrected chi connectivity index (χ4v) is 5.09. The lowest BCUT2D eigenvalue weighted by Gasteiger charge is -2.43. The zero-order valence-electron chi connectivity index (χ0n) is 17.6. The molecule has 0 unspecified atom stereocenters. The van der Waals surface area contributed by atoms with E-state index in [1.54, 1.807) is 12.4 Å². The summed E-state index contributed by atoms with van der Waals surface area (Å²) in [5.74, 6) is 1.47. The third kappa shape index (κ3) is 3.39. The number of anilines is 1. The van der Waals surface area contributed by atoms with Gasteiger partial charge >= 0.3 is 0 Å². The Balaban J connectivity index is 1.41. The predicted molar refractivity (Wildman–Crippen MR) is 114 cm³/mol. The van der Waals surface area contributed by atoms with Crippen molar-refractivity contribution in [2.45, 2.75) is 25.8 Å². The van der Waals surface area contributed by atoms with E-state index in [-0.39, 0.29) is 17.4 Å². The molecular formula is C22H28N6O2. The molecule has 3 aliphatic heterocycles. The average Bonchev–Trinajstić information content (AvgIpc) is 2.74. The molecule has 5 heterocycles. The molecule has 2 aromatic rings. The molecular weight excluding hydrogens is 380 g/mol. The van der Waals surface area contributed by atoms with Crippen LogP contribution in [0.4, 0.5) is 5.82 Å². The molecule has 0 N–H and O–H groups in total. The number of fused-ring (bicyclic) bond motifs is 4. The molecule has 5 rings (SSSR count). The van der Waals surface area contributed by atoms with Crippen LogP contribution in [0.25, 0.3) is 0 Å². The van der Waals surface area contributed by atoms with Crippen molar-refractivity contribution in [2.24, 2.45) is 5.92 Å². The standard InChI is InChI=1S/C22H28N6O2/c1-15-9-20(24-14-23-15)27-11-16-10-17(13-27)19-4-3-18(22(30)28(19)12-16)21(29)26-7-5-25(2)6-8-26/h3-4,9,14,16-17H,5-8,10-13H2,1-2H3/t16-,17+/m0/s1. The number of piperidine rings is 1. The number of nitrogens with zero attached hydrogens (tertiary/aromatic N) is 6. The number of amides is 1. The summed E-state index contributed by atoms with van der Waals surface area (Å²) in [5, 5.41) is 0. The molecule has 0 aliphatic carbocycles. The lowest BCUT2D eigenvalue weighted by atomic mass is 9.83. The van der Waals surface area contributed by atoms with Crippen molar-refractivity contribution in [3.63, 3.8) is 0 Å². The molecule has 158 valence electrons. The molecule has 2 saturated heterocycles. The van der Waals surface area contributed by atoms with Crippen LogP contribution in [0.15, 0.2) is 29.3 Å². The maximum absolute atomic E-state index is 13.3. The van der Waals surface area contributed by atoms with Gasteiger partial charge in [0.05, 0.1) is 0 Å². The highest BCUT2D eigenvalue weighted by atomic mass is 16.2. The smallest absolute Gasteiger partial charge is 0.263 e. The topological polar surface area (TPSA) is 74.6 Å². The largest absolute Gasteiger partial charge is 0.355 e. The van der Waals surface area contributed by atoms with E-state index < -0.39 is 0 Å². The maximum atomic E-state index is 13.3. The number of hydrogen-bond acceptors (Lipinski definition) is 6. The molecule has 2 bridgehead atoms. The van der Waals surface area contributed by atoms with E-state index in [2.05, 4.69) is 26.8 Å². The lowest BCUT2D eigenvalue weighted by molar-refractivity contribution is 0.0661. The van der Waals surface area contributed by atoms with Gasteiger partial charge in [-0.3, -0.25) is 9.59 Å². The van der Waals surface area contributed by atoms with Crippen molar-refractivity contribution in [3.8, 4) is 0 Å². The Labute approximate surface area is 176 Å². The van der Waals surface area contributed by atoms with E-state index in [0.717, 1.165) is 49.8 Å². The third-order valence-corrected chi connectivity index (χ3v) is 6.74. The van der Waals surface area contributed by atoms with Crippen LogP contribution in [0, 0.1) is 12.8 Å². The highest BCUT2D eigenvalue weighted by molar-refractivity contribution is 5.94. The van der Waals surface area contributed by atoms with Crippen molar-refractivity contribution >= 4 is 11.7 Å². The molecule has 30 heavy (non-hydrogen) atoms. The van der Waals surface area contributed by atoms with Gasteiger partial charge in [-0.1, -0.05) is 0 Å². The number of likely N-dealkylation sites (N-methyl/N-ethyl adjacent to an activating group) is 1. The van der Waals surface area contributed by atoms with Gasteiger partial charge < -0.3 is 19.3 Å². The number of piperazine rings is 1. The van der Waals surface area contributed by atoms with Gasteiger partial charge in [0.25, 0.3) is 11.5 Å². The summed E-state index contributed by atoms with van der Waals surface area (Å²) < 4.78 is 1.87. The van der Waals surface area contributed by atoms with Crippen molar-refractivity contribution in [1.29, 1.82) is 0 Å². The van der Waals surface area contributed by atoms with Gasteiger partial charge in [0.1, 0.15) is 17.7 Å². The molecule has 2 aromatic heterocycles. The van der Waals surface area contributed by atoms with E-state index in [0.29, 0.717) is 31.1 Å². The highest BCUT2D eigenvalue weighted by Crippen LogP contribution is 2.36. The zero-order chi connectivity index (χ0) is 20.8. The third-order valence-electron chi connectivity index (χ3n) is 6.74. The van der Waals surface area contributed by atoms with Gasteiger partial charge in [-0.2, -0.15) is 0 Å². The summed E-state index contributed by atoms with van der Waals surface area (Å²) in [6, 6.07) is 5.77. The van der Waals surface area contributed by atoms with Crippen LogP contribution in [0.5, 0.6) is 0 Å². The van der Waals surface area contributed by atoms with E-state index in [9.17, 15) is 9.59 Å². The quantitative estimate of drug-likeness (QED) is 0.737. The van der Waals surface area contributed by atoms with Gasteiger partial charge in [0.15, 0.2) is 0 Å². The average molecular weight is 409 g/mol. The van der Waals surface area contributed by atoms with Crippen molar-refractivity contribution in [1.82, 2.24) is 24.3 Å². The van der Waals surface area contributed by atoms with E-state index in [1.165, 1.54) is 0 Å². The molecule has 8 nitrogen and oxygen atoms in total. The minimum absolute atomic E-state index is 0.127. The second kappa shape index (κ2) is 7.50.